The van der Waals surface area contributed by atoms with E-state index in [0.717, 1.165) is 30.3 Å². The van der Waals surface area contributed by atoms with Crippen molar-refractivity contribution in [3.63, 3.8) is 0 Å². The van der Waals surface area contributed by atoms with E-state index >= 15 is 0 Å². The monoisotopic (exact) mass is 441 g/mol. The number of rotatable bonds is 5. The molecule has 3 heterocycles. The highest BCUT2D eigenvalue weighted by Crippen LogP contribution is 2.34. The first-order chi connectivity index (χ1) is 14.7. The normalized spacial score (nSPS) is 18.1. The number of halogens is 3. The first-order valence-corrected chi connectivity index (χ1v) is 9.65. The minimum atomic E-state index is -5.08. The summed E-state index contributed by atoms with van der Waals surface area (Å²) in [6.07, 6.45) is -0.117. The maximum atomic E-state index is 12.8. The molecular formula is C19H22F3N5O4. The Morgan fingerprint density at radius 1 is 1.29 bits per heavy atom. The highest BCUT2D eigenvalue weighted by molar-refractivity contribution is 5.92. The number of carboxylic acid groups (broad SMARTS) is 1. The molecule has 1 aliphatic heterocycles. The second-order valence-corrected chi connectivity index (χ2v) is 7.28. The Bertz CT molecular complexity index is 915. The van der Waals surface area contributed by atoms with Crippen molar-refractivity contribution in [2.45, 2.75) is 38.0 Å². The number of carbonyl (C=O) groups is 2. The summed E-state index contributed by atoms with van der Waals surface area (Å²) >= 11 is 0. The van der Waals surface area contributed by atoms with E-state index in [1.165, 1.54) is 12.8 Å². The molecule has 9 nitrogen and oxygen atoms in total. The van der Waals surface area contributed by atoms with Gasteiger partial charge < -0.3 is 14.7 Å². The van der Waals surface area contributed by atoms with Crippen LogP contribution in [-0.2, 0) is 22.5 Å². The van der Waals surface area contributed by atoms with E-state index in [-0.39, 0.29) is 11.9 Å². The number of aliphatic carboxylic acids is 1. The van der Waals surface area contributed by atoms with Gasteiger partial charge in [-0.15, -0.1) is 5.10 Å². The number of methoxy groups -OCH3 is 1. The van der Waals surface area contributed by atoms with Crippen molar-refractivity contribution in [1.82, 2.24) is 24.9 Å². The predicted octanol–water partition coefficient (Wildman–Crippen LogP) is 2.10. The van der Waals surface area contributed by atoms with Crippen molar-refractivity contribution in [1.29, 1.82) is 0 Å². The van der Waals surface area contributed by atoms with E-state index in [2.05, 4.69) is 15.3 Å². The highest BCUT2D eigenvalue weighted by atomic mass is 19.4. The van der Waals surface area contributed by atoms with Gasteiger partial charge in [-0.05, 0) is 30.9 Å². The van der Waals surface area contributed by atoms with Gasteiger partial charge in [0.05, 0.1) is 12.3 Å². The summed E-state index contributed by atoms with van der Waals surface area (Å²) in [5, 5.41) is 15.8. The van der Waals surface area contributed by atoms with Gasteiger partial charge in [-0.25, -0.2) is 9.48 Å². The Hall–Kier alpha value is -3.02. The lowest BCUT2D eigenvalue weighted by atomic mass is 10.0. The second kappa shape index (κ2) is 9.41. The molecule has 1 N–H and O–H groups in total. The smallest absolute Gasteiger partial charge is 0.475 e. The Morgan fingerprint density at radius 2 is 2.00 bits per heavy atom. The topological polar surface area (TPSA) is 110 Å². The van der Waals surface area contributed by atoms with Gasteiger partial charge in [-0.1, -0.05) is 11.3 Å². The van der Waals surface area contributed by atoms with Crippen molar-refractivity contribution >= 4 is 11.9 Å². The fourth-order valence-electron chi connectivity index (χ4n) is 3.29. The minimum Gasteiger partial charge on any atom is -0.475 e. The number of fused-ring (bicyclic) bond motifs is 1. The number of nitrogens with zero attached hydrogens (tertiary/aromatic N) is 5. The molecule has 1 unspecified atom stereocenters. The fourth-order valence-corrected chi connectivity index (χ4v) is 3.29. The Kier molecular flexibility index (Phi) is 6.88. The molecule has 2 aromatic heterocycles. The molecule has 0 spiro atoms. The van der Waals surface area contributed by atoms with Gasteiger partial charge in [0.1, 0.15) is 17.4 Å². The van der Waals surface area contributed by atoms with E-state index in [0.29, 0.717) is 18.8 Å². The minimum absolute atomic E-state index is 0.0833. The molecule has 168 valence electrons. The molecule has 0 bridgehead atoms. The third-order valence-electron chi connectivity index (χ3n) is 4.99. The number of ether oxygens (including phenoxy) is 1. The van der Waals surface area contributed by atoms with Crippen LogP contribution in [0.5, 0.6) is 0 Å². The SMILES string of the molecule is COCC1c2nnn(CC3CC3)c2CCN1C(=O)c1ccccn1.O=C(O)C(F)(F)F. The van der Waals surface area contributed by atoms with Crippen LogP contribution in [0.2, 0.25) is 0 Å². The third kappa shape index (κ3) is 5.57. The molecule has 2 aromatic rings. The molecule has 0 aromatic carbocycles. The average Bonchev–Trinajstić information content (AvgIpc) is 3.46. The average molecular weight is 441 g/mol. The Balaban J connectivity index is 0.000000339. The van der Waals surface area contributed by atoms with Crippen molar-refractivity contribution in [3.05, 3.63) is 41.5 Å². The van der Waals surface area contributed by atoms with Gasteiger partial charge in [-0.2, -0.15) is 13.2 Å². The molecule has 12 heteroatoms. The van der Waals surface area contributed by atoms with Crippen LogP contribution in [-0.4, -0.2) is 68.3 Å². The molecule has 1 aliphatic carbocycles. The first kappa shape index (κ1) is 22.7. The molecule has 31 heavy (non-hydrogen) atoms. The lowest BCUT2D eigenvalue weighted by molar-refractivity contribution is -0.192. The van der Waals surface area contributed by atoms with Crippen LogP contribution in [0.4, 0.5) is 13.2 Å². The number of pyridine rings is 1. The molecule has 1 atom stereocenters. The van der Waals surface area contributed by atoms with Gasteiger partial charge in [0.25, 0.3) is 5.91 Å². The number of hydrogen-bond donors (Lipinski definition) is 1. The van der Waals surface area contributed by atoms with Crippen molar-refractivity contribution in [2.75, 3.05) is 20.3 Å². The summed E-state index contributed by atoms with van der Waals surface area (Å²) in [5.74, 6) is -2.10. The predicted molar refractivity (Wildman–Crippen MR) is 100 cm³/mol. The van der Waals surface area contributed by atoms with Crippen LogP contribution < -0.4 is 0 Å². The number of alkyl halides is 3. The first-order valence-electron chi connectivity index (χ1n) is 9.65. The molecule has 1 saturated carbocycles. The summed E-state index contributed by atoms with van der Waals surface area (Å²) in [6.45, 7) is 1.98. The summed E-state index contributed by atoms with van der Waals surface area (Å²) in [7, 11) is 1.65. The van der Waals surface area contributed by atoms with Crippen LogP contribution in [0.1, 0.15) is 40.8 Å². The maximum absolute atomic E-state index is 12.8. The molecule has 4 rings (SSSR count). The number of carbonyl (C=O) groups excluding carboxylic acids is 1. The number of carboxylic acids is 1. The summed E-state index contributed by atoms with van der Waals surface area (Å²) < 4.78 is 39.1. The van der Waals surface area contributed by atoms with E-state index in [1.54, 1.807) is 25.4 Å². The zero-order chi connectivity index (χ0) is 22.6. The van der Waals surface area contributed by atoms with Gasteiger partial charge >= 0.3 is 12.1 Å². The summed E-state index contributed by atoms with van der Waals surface area (Å²) in [6, 6.07) is 5.17. The van der Waals surface area contributed by atoms with E-state index in [9.17, 15) is 18.0 Å². The largest absolute Gasteiger partial charge is 0.490 e. The van der Waals surface area contributed by atoms with Crippen molar-refractivity contribution < 1.29 is 32.6 Å². The van der Waals surface area contributed by atoms with Crippen LogP contribution >= 0.6 is 0 Å². The van der Waals surface area contributed by atoms with E-state index in [1.807, 2.05) is 15.6 Å². The molecule has 0 saturated heterocycles. The van der Waals surface area contributed by atoms with E-state index in [4.69, 9.17) is 14.6 Å². The quantitative estimate of drug-likeness (QED) is 0.757. The Labute approximate surface area is 175 Å². The molecule has 2 aliphatic rings. The molecule has 0 radical (unpaired) electrons. The zero-order valence-corrected chi connectivity index (χ0v) is 16.7. The van der Waals surface area contributed by atoms with Crippen LogP contribution in [0, 0.1) is 5.92 Å². The van der Waals surface area contributed by atoms with Crippen molar-refractivity contribution in [2.24, 2.45) is 5.92 Å². The molecular weight excluding hydrogens is 419 g/mol. The van der Waals surface area contributed by atoms with Gasteiger partial charge in [0.15, 0.2) is 0 Å². The number of aromatic nitrogens is 4. The standard InChI is InChI=1S/C17H21N5O2.C2HF3O2/c1-24-11-15-16-14(22(20-19-16)10-12-5-6-12)7-9-21(15)17(23)13-4-2-3-8-18-13;3-2(4,5)1(6)7/h2-4,8,12,15H,5-7,9-11H2,1H3;(H,6,7). The fraction of sp³-hybridized carbons (Fsp3) is 0.526. The molecule has 1 fully saturated rings. The van der Waals surface area contributed by atoms with Crippen LogP contribution in [0.3, 0.4) is 0 Å². The lowest BCUT2D eigenvalue weighted by Gasteiger charge is -2.34. The molecule has 1 amide bonds. The second-order valence-electron chi connectivity index (χ2n) is 7.28. The number of hydrogen-bond acceptors (Lipinski definition) is 6. The Morgan fingerprint density at radius 3 is 2.55 bits per heavy atom. The van der Waals surface area contributed by atoms with Gasteiger partial charge in [0, 0.05) is 32.8 Å². The summed E-state index contributed by atoms with van der Waals surface area (Å²) in [5.41, 5.74) is 2.47. The van der Waals surface area contributed by atoms with Gasteiger partial charge in [0.2, 0.25) is 0 Å². The van der Waals surface area contributed by atoms with Crippen molar-refractivity contribution in [3.8, 4) is 0 Å². The van der Waals surface area contributed by atoms with Crippen LogP contribution in [0.25, 0.3) is 0 Å². The van der Waals surface area contributed by atoms with Crippen LogP contribution in [0.15, 0.2) is 24.4 Å². The third-order valence-corrected chi connectivity index (χ3v) is 4.99. The lowest BCUT2D eigenvalue weighted by Crippen LogP contribution is -2.42. The number of amides is 1. The highest BCUT2D eigenvalue weighted by Gasteiger charge is 2.38. The zero-order valence-electron chi connectivity index (χ0n) is 16.7. The maximum Gasteiger partial charge on any atom is 0.490 e. The van der Waals surface area contributed by atoms with Gasteiger partial charge in [-0.3, -0.25) is 9.78 Å². The summed E-state index contributed by atoms with van der Waals surface area (Å²) in [4.78, 5) is 27.7. The van der Waals surface area contributed by atoms with E-state index < -0.39 is 12.1 Å².